The maximum absolute atomic E-state index is 5.39. The van der Waals surface area contributed by atoms with Crippen LogP contribution in [-0.2, 0) is 57.1 Å². The third kappa shape index (κ3) is 21.8. The molecule has 0 unspecified atom stereocenters. The SMILES string of the molecule is C=C[Si](C=C)(OC)OC.CO[SiH](CCCc1ccc(C)cc1)OC.CO[Si](CCC=Cc1ccccc1)(OC)OC.CO[Si](CCc1ccccc1C)(OC)OC. The quantitative estimate of drug-likeness (QED) is 0.0861. The molecule has 0 saturated carbocycles. The summed E-state index contributed by atoms with van der Waals surface area (Å²) in [5.74, 6) is 0. The van der Waals surface area contributed by atoms with Crippen molar-refractivity contribution in [2.24, 2.45) is 0 Å². The molecular weight excluding hydrogens is 789 g/mol. The number of hydrogen-bond donors (Lipinski definition) is 0. The summed E-state index contributed by atoms with van der Waals surface area (Å²) in [5.41, 5.74) is 9.91. The van der Waals surface area contributed by atoms with Crippen LogP contribution in [0.2, 0.25) is 18.1 Å². The Bertz CT molecular complexity index is 1440. The first-order valence-corrected chi connectivity index (χ1v) is 26.6. The minimum atomic E-state index is -2.42. The average molecular weight is 861 g/mol. The van der Waals surface area contributed by atoms with Crippen molar-refractivity contribution in [3.63, 3.8) is 0 Å². The van der Waals surface area contributed by atoms with E-state index in [1.54, 1.807) is 82.5 Å². The van der Waals surface area contributed by atoms with Crippen molar-refractivity contribution < 1.29 is 44.3 Å². The van der Waals surface area contributed by atoms with Crippen molar-refractivity contribution in [1.29, 1.82) is 0 Å². The zero-order valence-corrected chi connectivity index (χ0v) is 41.0. The minimum Gasteiger partial charge on any atom is -0.400 e. The molecule has 0 radical (unpaired) electrons. The largest absolute Gasteiger partial charge is 0.500 e. The molecule has 3 aromatic rings. The smallest absolute Gasteiger partial charge is 0.400 e. The van der Waals surface area contributed by atoms with Crippen molar-refractivity contribution in [3.8, 4) is 0 Å². The van der Waals surface area contributed by atoms with Crippen LogP contribution in [0.1, 0.15) is 40.7 Å². The van der Waals surface area contributed by atoms with Crippen molar-refractivity contribution in [2.45, 2.75) is 57.7 Å². The monoisotopic (exact) mass is 860 g/mol. The van der Waals surface area contributed by atoms with E-state index < -0.39 is 35.5 Å². The van der Waals surface area contributed by atoms with Gasteiger partial charge in [0, 0.05) is 83.2 Å². The zero-order valence-electron chi connectivity index (χ0n) is 36.8. The normalized spacial score (nSPS) is 11.5. The van der Waals surface area contributed by atoms with Gasteiger partial charge >= 0.3 is 35.5 Å². The maximum Gasteiger partial charge on any atom is 0.500 e. The Kier molecular flexibility index (Phi) is 30.7. The van der Waals surface area contributed by atoms with Crippen LogP contribution in [0.15, 0.2) is 109 Å². The van der Waals surface area contributed by atoms with E-state index in [-0.39, 0.29) is 0 Å². The van der Waals surface area contributed by atoms with Gasteiger partial charge in [-0.15, -0.1) is 13.2 Å². The van der Waals surface area contributed by atoms with Crippen molar-refractivity contribution in [2.75, 3.05) is 71.1 Å². The summed E-state index contributed by atoms with van der Waals surface area (Å²) < 4.78 is 52.9. The summed E-state index contributed by atoms with van der Waals surface area (Å²) in [7, 11) is 8.21. The molecule has 3 aromatic carbocycles. The van der Waals surface area contributed by atoms with Gasteiger partial charge in [0.25, 0.3) is 0 Å². The van der Waals surface area contributed by atoms with Gasteiger partial charge in [-0.25, -0.2) is 0 Å². The fraction of sp³-hybridized carbons (Fsp3) is 0.442. The number of allylic oxidation sites excluding steroid dienone is 1. The molecule has 0 atom stereocenters. The Morgan fingerprint density at radius 2 is 1.05 bits per heavy atom. The number of hydrogen-bond acceptors (Lipinski definition) is 10. The van der Waals surface area contributed by atoms with Crippen LogP contribution in [0.3, 0.4) is 0 Å². The summed E-state index contributed by atoms with van der Waals surface area (Å²) >= 11 is 0. The second-order valence-corrected chi connectivity index (χ2v) is 24.3. The molecule has 10 nitrogen and oxygen atoms in total. The predicted molar refractivity (Wildman–Crippen MR) is 244 cm³/mol. The summed E-state index contributed by atoms with van der Waals surface area (Å²) in [6.07, 6.45) is 8.30. The van der Waals surface area contributed by atoms with Gasteiger partial charge in [-0.05, 0) is 79.2 Å². The Morgan fingerprint density at radius 3 is 1.49 bits per heavy atom. The molecule has 0 bridgehead atoms. The van der Waals surface area contributed by atoms with Crippen LogP contribution in [-0.4, -0.2) is 107 Å². The second kappa shape index (κ2) is 32.2. The molecule has 57 heavy (non-hydrogen) atoms. The fourth-order valence-corrected chi connectivity index (χ4v) is 10.9. The molecule has 320 valence electrons. The highest BCUT2D eigenvalue weighted by Gasteiger charge is 2.37. The molecule has 0 spiro atoms. The highest BCUT2D eigenvalue weighted by atomic mass is 28.4. The molecule has 0 aliphatic carbocycles. The summed E-state index contributed by atoms with van der Waals surface area (Å²) in [5, 5.41) is 0. The highest BCUT2D eigenvalue weighted by Crippen LogP contribution is 2.19. The van der Waals surface area contributed by atoms with Crippen molar-refractivity contribution >= 4 is 41.5 Å². The van der Waals surface area contributed by atoms with Crippen LogP contribution in [0.25, 0.3) is 6.08 Å². The van der Waals surface area contributed by atoms with Crippen LogP contribution >= 0.6 is 0 Å². The Hall–Kier alpha value is -2.65. The van der Waals surface area contributed by atoms with Gasteiger partial charge in [0.1, 0.15) is 0 Å². The van der Waals surface area contributed by atoms with E-state index >= 15 is 0 Å². The lowest BCUT2D eigenvalue weighted by Gasteiger charge is -2.24. The van der Waals surface area contributed by atoms with Gasteiger partial charge in [0.15, 0.2) is 0 Å². The molecule has 0 heterocycles. The summed E-state index contributed by atoms with van der Waals surface area (Å²) in [4.78, 5) is 0. The van der Waals surface area contributed by atoms with Crippen molar-refractivity contribution in [1.82, 2.24) is 0 Å². The summed E-state index contributed by atoms with van der Waals surface area (Å²) in [6.45, 7) is 11.4. The average Bonchev–Trinajstić information content (AvgIpc) is 3.27. The third-order valence-corrected chi connectivity index (χ3v) is 19.2. The standard InChI is InChI=1S/C13H20O3Si.C12H20O3Si.C12H20O2Si.C6H12O2Si/c1-14-17(15-2,16-3)12-8-7-11-13-9-5-4-6-10-13;1-11-7-5-6-8-12(11)9-10-16(13-2,14-3)15-4;1-11-6-8-12(9-7-11)5-4-10-15(13-2)14-3;1-5-9(6-2,7-3)8-4/h4-7,9-11H,8,12H2,1-3H3;5-8H,9-10H2,1-4H3;6-9,15H,4-5,10H2,1-3H3;5-6H,1-2H2,3-4H3. The predicted octanol–water partition coefficient (Wildman–Crippen LogP) is 9.00. The van der Waals surface area contributed by atoms with Crippen LogP contribution in [0, 0.1) is 13.8 Å². The molecule has 0 saturated heterocycles. The minimum absolute atomic E-state index is 0.792. The first kappa shape index (κ1) is 54.3. The van der Waals surface area contributed by atoms with E-state index in [0.29, 0.717) is 0 Å². The molecule has 0 amide bonds. The zero-order chi connectivity index (χ0) is 43.0. The van der Waals surface area contributed by atoms with Gasteiger partial charge in [-0.3, -0.25) is 0 Å². The molecule has 14 heteroatoms. The van der Waals surface area contributed by atoms with Crippen molar-refractivity contribution in [3.05, 3.63) is 137 Å². The van der Waals surface area contributed by atoms with Gasteiger partial charge in [-0.2, -0.15) is 0 Å². The van der Waals surface area contributed by atoms with Gasteiger partial charge in [0.05, 0.1) is 0 Å². The first-order chi connectivity index (χ1) is 27.4. The van der Waals surface area contributed by atoms with Crippen LogP contribution in [0.5, 0.6) is 0 Å². The molecular formula is C43H72O10Si4. The van der Waals surface area contributed by atoms with E-state index in [4.69, 9.17) is 44.3 Å². The maximum atomic E-state index is 5.39. The molecule has 0 aromatic heterocycles. The molecule has 0 aliphatic heterocycles. The molecule has 0 fully saturated rings. The number of aryl methyl sites for hydroxylation is 4. The Balaban J connectivity index is 0.000000750. The van der Waals surface area contributed by atoms with Crippen LogP contribution < -0.4 is 0 Å². The van der Waals surface area contributed by atoms with Gasteiger partial charge in [-0.1, -0.05) is 96.6 Å². The Morgan fingerprint density at radius 1 is 0.561 bits per heavy atom. The number of benzene rings is 3. The molecule has 0 N–H and O–H groups in total. The molecule has 3 rings (SSSR count). The lowest BCUT2D eigenvalue weighted by Crippen LogP contribution is -2.43. The van der Waals surface area contributed by atoms with Gasteiger partial charge < -0.3 is 44.3 Å². The lowest BCUT2D eigenvalue weighted by molar-refractivity contribution is 0.123. The third-order valence-electron chi connectivity index (χ3n) is 9.31. The van der Waals surface area contributed by atoms with E-state index in [0.717, 1.165) is 43.8 Å². The fourth-order valence-electron chi connectivity index (χ4n) is 5.39. The highest BCUT2D eigenvalue weighted by molar-refractivity contribution is 6.77. The van der Waals surface area contributed by atoms with E-state index in [2.05, 4.69) is 93.8 Å². The van der Waals surface area contributed by atoms with Crippen LogP contribution in [0.4, 0.5) is 0 Å². The Labute approximate surface area is 350 Å². The second-order valence-electron chi connectivity index (χ2n) is 12.7. The first-order valence-electron chi connectivity index (χ1n) is 19.0. The molecule has 0 aliphatic rings. The van der Waals surface area contributed by atoms with E-state index in [1.165, 1.54) is 27.8 Å². The van der Waals surface area contributed by atoms with Gasteiger partial charge in [0.2, 0.25) is 0 Å². The van der Waals surface area contributed by atoms with E-state index in [1.807, 2.05) is 24.3 Å². The van der Waals surface area contributed by atoms with E-state index in [9.17, 15) is 0 Å². The summed E-state index contributed by atoms with van der Waals surface area (Å²) in [6, 6.07) is 30.0. The topological polar surface area (TPSA) is 92.3 Å². The number of rotatable bonds is 23. The lowest BCUT2D eigenvalue weighted by atomic mass is 10.1.